The number of hydrogen-bond acceptors (Lipinski definition) is 3. The zero-order chi connectivity index (χ0) is 9.68. The Morgan fingerprint density at radius 1 is 1.62 bits per heavy atom. The van der Waals surface area contributed by atoms with Gasteiger partial charge in [-0.3, -0.25) is 9.78 Å². The third-order valence-corrected chi connectivity index (χ3v) is 2.75. The number of carbonyl (C=O) groups is 1. The van der Waals surface area contributed by atoms with Crippen molar-refractivity contribution in [2.24, 2.45) is 0 Å². The van der Waals surface area contributed by atoms with E-state index < -0.39 is 0 Å². The van der Waals surface area contributed by atoms with Crippen LogP contribution < -0.4 is 5.32 Å². The minimum atomic E-state index is -0.00352. The highest BCUT2D eigenvalue weighted by molar-refractivity contribution is 7.11. The van der Waals surface area contributed by atoms with Gasteiger partial charge in [-0.25, -0.2) is 0 Å². The minimum absolute atomic E-state index is 0.00352. The lowest BCUT2D eigenvalue weighted by Crippen LogP contribution is -2.33. The Morgan fingerprint density at radius 3 is 2.77 bits per heavy atom. The van der Waals surface area contributed by atoms with Crippen LogP contribution >= 0.6 is 11.3 Å². The highest BCUT2D eigenvalue weighted by Gasteiger charge is 2.10. The summed E-state index contributed by atoms with van der Waals surface area (Å²) in [6.45, 7) is 4.14. The van der Waals surface area contributed by atoms with E-state index >= 15 is 0 Å². The fourth-order valence-corrected chi connectivity index (χ4v) is 1.60. The minimum Gasteiger partial charge on any atom is -0.349 e. The molecule has 0 fully saturated rings. The number of thiazole rings is 1. The Balaban J connectivity index is 2.50. The van der Waals surface area contributed by atoms with Gasteiger partial charge in [-0.1, -0.05) is 13.8 Å². The number of rotatable bonds is 4. The summed E-state index contributed by atoms with van der Waals surface area (Å²) in [5.74, 6) is -0.00352. The fraction of sp³-hybridized carbons (Fsp3) is 0.556. The van der Waals surface area contributed by atoms with Crippen LogP contribution in [0.25, 0.3) is 0 Å². The monoisotopic (exact) mass is 198 g/mol. The van der Waals surface area contributed by atoms with Gasteiger partial charge in [-0.05, 0) is 12.8 Å². The zero-order valence-electron chi connectivity index (χ0n) is 7.91. The lowest BCUT2D eigenvalue weighted by atomic mass is 10.2. The van der Waals surface area contributed by atoms with Crippen molar-refractivity contribution in [2.45, 2.75) is 32.7 Å². The van der Waals surface area contributed by atoms with Crippen molar-refractivity contribution in [3.8, 4) is 0 Å². The molecule has 0 aliphatic rings. The summed E-state index contributed by atoms with van der Waals surface area (Å²) in [5.41, 5.74) is 1.67. The second-order valence-electron chi connectivity index (χ2n) is 2.85. The van der Waals surface area contributed by atoms with Gasteiger partial charge in [0.15, 0.2) is 0 Å². The standard InChI is InChI=1S/C9H14N2OS/c1-3-7(4-2)11-9(12)8-5-10-6-13-8/h5-7H,3-4H2,1-2H3,(H,11,12). The van der Waals surface area contributed by atoms with Crippen LogP contribution in [0, 0.1) is 0 Å². The SMILES string of the molecule is CCC(CC)NC(=O)c1cncs1. The van der Waals surface area contributed by atoms with Crippen LogP contribution in [0.4, 0.5) is 0 Å². The average Bonchev–Trinajstić information content (AvgIpc) is 2.66. The van der Waals surface area contributed by atoms with Gasteiger partial charge in [0, 0.05) is 6.04 Å². The first-order valence-corrected chi connectivity index (χ1v) is 5.35. The molecule has 1 amide bonds. The lowest BCUT2D eigenvalue weighted by molar-refractivity contribution is 0.0939. The quantitative estimate of drug-likeness (QED) is 0.804. The van der Waals surface area contributed by atoms with E-state index in [-0.39, 0.29) is 11.9 Å². The number of aromatic nitrogens is 1. The molecule has 0 aromatic carbocycles. The largest absolute Gasteiger partial charge is 0.349 e. The van der Waals surface area contributed by atoms with Gasteiger partial charge in [0.05, 0.1) is 11.7 Å². The molecule has 1 rings (SSSR count). The molecule has 1 N–H and O–H groups in total. The average molecular weight is 198 g/mol. The Bertz CT molecular complexity index is 255. The first-order chi connectivity index (χ1) is 6.27. The van der Waals surface area contributed by atoms with Crippen molar-refractivity contribution in [3.63, 3.8) is 0 Å². The smallest absolute Gasteiger partial charge is 0.263 e. The molecule has 0 radical (unpaired) electrons. The molecule has 0 spiro atoms. The molecule has 72 valence electrons. The molecule has 0 atom stereocenters. The van der Waals surface area contributed by atoms with Crippen LogP contribution in [0.5, 0.6) is 0 Å². The summed E-state index contributed by atoms with van der Waals surface area (Å²) in [6, 6.07) is 0.287. The van der Waals surface area contributed by atoms with E-state index in [1.807, 2.05) is 0 Å². The first-order valence-electron chi connectivity index (χ1n) is 4.47. The Labute approximate surface area is 82.2 Å². The van der Waals surface area contributed by atoms with Crippen LogP contribution in [0.15, 0.2) is 11.7 Å². The summed E-state index contributed by atoms with van der Waals surface area (Å²) >= 11 is 1.37. The van der Waals surface area contributed by atoms with Gasteiger partial charge in [-0.15, -0.1) is 11.3 Å². The van der Waals surface area contributed by atoms with Crippen molar-refractivity contribution in [2.75, 3.05) is 0 Å². The molecule has 13 heavy (non-hydrogen) atoms. The van der Waals surface area contributed by atoms with Crippen molar-refractivity contribution in [3.05, 3.63) is 16.6 Å². The van der Waals surface area contributed by atoms with Crippen LogP contribution in [0.1, 0.15) is 36.4 Å². The molecule has 1 aromatic heterocycles. The van der Waals surface area contributed by atoms with E-state index in [0.29, 0.717) is 4.88 Å². The van der Waals surface area contributed by atoms with E-state index in [4.69, 9.17) is 0 Å². The Kier molecular flexibility index (Phi) is 3.89. The maximum atomic E-state index is 11.5. The predicted molar refractivity (Wildman–Crippen MR) is 54.0 cm³/mol. The molecule has 0 bridgehead atoms. The second-order valence-corrected chi connectivity index (χ2v) is 3.74. The topological polar surface area (TPSA) is 42.0 Å². The number of amides is 1. The molecule has 0 aliphatic carbocycles. The second kappa shape index (κ2) is 4.97. The van der Waals surface area contributed by atoms with E-state index in [1.54, 1.807) is 11.7 Å². The van der Waals surface area contributed by atoms with Crippen molar-refractivity contribution < 1.29 is 4.79 Å². The van der Waals surface area contributed by atoms with Gasteiger partial charge in [0.1, 0.15) is 4.88 Å². The van der Waals surface area contributed by atoms with Gasteiger partial charge in [0.25, 0.3) is 5.91 Å². The first kappa shape index (κ1) is 10.2. The zero-order valence-corrected chi connectivity index (χ0v) is 8.73. The van der Waals surface area contributed by atoms with Crippen LogP contribution in [-0.2, 0) is 0 Å². The van der Waals surface area contributed by atoms with Crippen molar-refractivity contribution in [1.29, 1.82) is 0 Å². The maximum absolute atomic E-state index is 11.5. The van der Waals surface area contributed by atoms with E-state index in [1.165, 1.54) is 11.3 Å². The molecule has 4 heteroatoms. The third kappa shape index (κ3) is 2.81. The van der Waals surface area contributed by atoms with Crippen LogP contribution in [0.3, 0.4) is 0 Å². The summed E-state index contributed by atoms with van der Waals surface area (Å²) in [4.78, 5) is 16.0. The summed E-state index contributed by atoms with van der Waals surface area (Å²) in [5, 5.41) is 2.95. The molecule has 0 saturated carbocycles. The fourth-order valence-electron chi connectivity index (χ4n) is 1.08. The normalized spacial score (nSPS) is 10.4. The van der Waals surface area contributed by atoms with Crippen LogP contribution in [-0.4, -0.2) is 16.9 Å². The van der Waals surface area contributed by atoms with Gasteiger partial charge < -0.3 is 5.32 Å². The van der Waals surface area contributed by atoms with E-state index in [2.05, 4.69) is 24.1 Å². The van der Waals surface area contributed by atoms with Crippen molar-refractivity contribution in [1.82, 2.24) is 10.3 Å². The number of nitrogens with zero attached hydrogens (tertiary/aromatic N) is 1. The number of hydrogen-bond donors (Lipinski definition) is 1. The molecule has 0 unspecified atom stereocenters. The van der Waals surface area contributed by atoms with Crippen molar-refractivity contribution >= 4 is 17.2 Å². The highest BCUT2D eigenvalue weighted by atomic mass is 32.1. The summed E-state index contributed by atoms with van der Waals surface area (Å²) in [6.07, 6.45) is 3.55. The van der Waals surface area contributed by atoms with E-state index in [0.717, 1.165) is 12.8 Å². The molecule has 1 heterocycles. The van der Waals surface area contributed by atoms with E-state index in [9.17, 15) is 4.79 Å². The molecular weight excluding hydrogens is 184 g/mol. The Morgan fingerprint density at radius 2 is 2.31 bits per heavy atom. The van der Waals surface area contributed by atoms with Gasteiger partial charge >= 0.3 is 0 Å². The molecular formula is C9H14N2OS. The molecule has 3 nitrogen and oxygen atoms in total. The molecule has 1 aromatic rings. The third-order valence-electron chi connectivity index (χ3n) is 1.98. The lowest BCUT2D eigenvalue weighted by Gasteiger charge is -2.13. The number of nitrogens with one attached hydrogen (secondary N) is 1. The Hall–Kier alpha value is -0.900. The molecule has 0 aliphatic heterocycles. The highest BCUT2D eigenvalue weighted by Crippen LogP contribution is 2.06. The summed E-state index contributed by atoms with van der Waals surface area (Å²) in [7, 11) is 0. The van der Waals surface area contributed by atoms with Crippen LogP contribution in [0.2, 0.25) is 0 Å². The van der Waals surface area contributed by atoms with Gasteiger partial charge in [-0.2, -0.15) is 0 Å². The summed E-state index contributed by atoms with van der Waals surface area (Å²) < 4.78 is 0. The van der Waals surface area contributed by atoms with Gasteiger partial charge in [0.2, 0.25) is 0 Å². The molecule has 0 saturated heterocycles. The number of carbonyl (C=O) groups excluding carboxylic acids is 1. The predicted octanol–water partition coefficient (Wildman–Crippen LogP) is 2.06. The maximum Gasteiger partial charge on any atom is 0.263 e.